The maximum absolute atomic E-state index is 13.7. The Labute approximate surface area is 133 Å². The molecule has 0 aliphatic carbocycles. The number of anilines is 1. The van der Waals surface area contributed by atoms with E-state index >= 15 is 0 Å². The molecule has 0 aromatic heterocycles. The third-order valence-electron chi connectivity index (χ3n) is 3.73. The van der Waals surface area contributed by atoms with Gasteiger partial charge in [0.1, 0.15) is 17.4 Å². The molecule has 1 heterocycles. The van der Waals surface area contributed by atoms with Gasteiger partial charge in [-0.15, -0.1) is 0 Å². The quantitative estimate of drug-likeness (QED) is 0.836. The molecule has 3 amide bonds. The first-order valence-corrected chi connectivity index (χ1v) is 7.26. The largest absolute Gasteiger partial charge is 0.368 e. The number of carbonyl (C=O) groups is 2. The Hall–Kier alpha value is -2.66. The van der Waals surface area contributed by atoms with Gasteiger partial charge >= 0.3 is 6.03 Å². The Balaban J connectivity index is 1.87. The number of urea groups is 1. The minimum Gasteiger partial charge on any atom is -0.368 e. The fraction of sp³-hybridized carbons (Fsp3) is 0.400. The van der Waals surface area contributed by atoms with Crippen LogP contribution in [0.4, 0.5) is 14.9 Å². The molecule has 7 nitrogen and oxygen atoms in total. The van der Waals surface area contributed by atoms with E-state index in [1.807, 2.05) is 16.3 Å². The topological polar surface area (TPSA) is 102 Å². The summed E-state index contributed by atoms with van der Waals surface area (Å²) in [4.78, 5) is 26.0. The summed E-state index contributed by atoms with van der Waals surface area (Å²) in [6.45, 7) is 3.16. The van der Waals surface area contributed by atoms with Crippen molar-refractivity contribution in [3.05, 3.63) is 29.6 Å². The first-order chi connectivity index (χ1) is 11.0. The zero-order chi connectivity index (χ0) is 16.8. The molecule has 0 atom stereocenters. The molecule has 0 bridgehead atoms. The van der Waals surface area contributed by atoms with Crippen LogP contribution in [-0.4, -0.2) is 49.6 Å². The van der Waals surface area contributed by atoms with Gasteiger partial charge in [-0.3, -0.25) is 15.0 Å². The standard InChI is InChI=1S/C15H18FN5O2/c16-12-2-1-3-13(11(12)10-17)21-8-6-20(7-9-21)5-4-14(22)19-15(18)23/h1-3H,4-9H2,(H3,18,19,22,23). The zero-order valence-corrected chi connectivity index (χ0v) is 12.6. The van der Waals surface area contributed by atoms with Crippen molar-refractivity contribution in [2.45, 2.75) is 6.42 Å². The molecule has 122 valence electrons. The SMILES string of the molecule is N#Cc1c(F)cccc1N1CCN(CCC(=O)NC(N)=O)CC1. The number of rotatable bonds is 4. The fourth-order valence-electron chi connectivity index (χ4n) is 2.56. The van der Waals surface area contributed by atoms with Crippen molar-refractivity contribution in [2.75, 3.05) is 37.6 Å². The highest BCUT2D eigenvalue weighted by Gasteiger charge is 2.21. The van der Waals surface area contributed by atoms with Gasteiger partial charge in [-0.1, -0.05) is 6.07 Å². The van der Waals surface area contributed by atoms with Crippen LogP contribution >= 0.6 is 0 Å². The van der Waals surface area contributed by atoms with E-state index in [1.54, 1.807) is 12.1 Å². The molecule has 1 aromatic rings. The Morgan fingerprint density at radius 2 is 2.00 bits per heavy atom. The number of hydrogen-bond donors (Lipinski definition) is 2. The van der Waals surface area contributed by atoms with Gasteiger partial charge in [-0.2, -0.15) is 5.26 Å². The van der Waals surface area contributed by atoms with Crippen LogP contribution in [0.25, 0.3) is 0 Å². The first-order valence-electron chi connectivity index (χ1n) is 7.26. The third kappa shape index (κ3) is 4.40. The van der Waals surface area contributed by atoms with Gasteiger partial charge < -0.3 is 10.6 Å². The number of amides is 3. The van der Waals surface area contributed by atoms with Crippen molar-refractivity contribution < 1.29 is 14.0 Å². The molecule has 8 heteroatoms. The van der Waals surface area contributed by atoms with Crippen LogP contribution in [0.15, 0.2) is 18.2 Å². The van der Waals surface area contributed by atoms with E-state index < -0.39 is 17.8 Å². The van der Waals surface area contributed by atoms with Crippen LogP contribution in [0.5, 0.6) is 0 Å². The molecule has 0 unspecified atom stereocenters. The highest BCUT2D eigenvalue weighted by Crippen LogP contribution is 2.23. The average Bonchev–Trinajstić information content (AvgIpc) is 2.52. The van der Waals surface area contributed by atoms with Gasteiger partial charge in [0.2, 0.25) is 5.91 Å². The van der Waals surface area contributed by atoms with Crippen LogP contribution in [0.2, 0.25) is 0 Å². The maximum Gasteiger partial charge on any atom is 0.318 e. The minimum absolute atomic E-state index is 0.0572. The lowest BCUT2D eigenvalue weighted by atomic mass is 10.1. The van der Waals surface area contributed by atoms with Gasteiger partial charge in [0.15, 0.2) is 0 Å². The van der Waals surface area contributed by atoms with Crippen LogP contribution in [-0.2, 0) is 4.79 Å². The predicted octanol–water partition coefficient (Wildman–Crippen LogP) is 0.404. The van der Waals surface area contributed by atoms with Crippen LogP contribution in [0.3, 0.4) is 0 Å². The minimum atomic E-state index is -0.852. The van der Waals surface area contributed by atoms with E-state index in [-0.39, 0.29) is 12.0 Å². The summed E-state index contributed by atoms with van der Waals surface area (Å²) in [7, 11) is 0. The Bertz CT molecular complexity index is 635. The number of primary amides is 1. The summed E-state index contributed by atoms with van der Waals surface area (Å²) in [5.74, 6) is -0.924. The summed E-state index contributed by atoms with van der Waals surface area (Å²) >= 11 is 0. The van der Waals surface area contributed by atoms with Crippen molar-refractivity contribution >= 4 is 17.6 Å². The van der Waals surface area contributed by atoms with Gasteiger partial charge in [-0.25, -0.2) is 9.18 Å². The lowest BCUT2D eigenvalue weighted by molar-refractivity contribution is -0.120. The van der Waals surface area contributed by atoms with E-state index in [4.69, 9.17) is 11.0 Å². The molecular formula is C15H18FN5O2. The number of piperazine rings is 1. The van der Waals surface area contributed by atoms with Crippen LogP contribution in [0, 0.1) is 17.1 Å². The van der Waals surface area contributed by atoms with Crippen molar-refractivity contribution in [3.8, 4) is 6.07 Å². The molecule has 0 radical (unpaired) electrons. The molecule has 0 spiro atoms. The molecule has 1 fully saturated rings. The zero-order valence-electron chi connectivity index (χ0n) is 12.6. The summed E-state index contributed by atoms with van der Waals surface area (Å²) in [6, 6.07) is 5.65. The molecule has 1 saturated heterocycles. The summed E-state index contributed by atoms with van der Waals surface area (Å²) in [6.07, 6.45) is 0.187. The second-order valence-corrected chi connectivity index (χ2v) is 5.24. The third-order valence-corrected chi connectivity index (χ3v) is 3.73. The maximum atomic E-state index is 13.7. The molecular weight excluding hydrogens is 301 g/mol. The Kier molecular flexibility index (Phi) is 5.49. The number of carbonyl (C=O) groups excluding carboxylic acids is 2. The van der Waals surface area contributed by atoms with Gasteiger partial charge in [-0.05, 0) is 12.1 Å². The predicted molar refractivity (Wildman–Crippen MR) is 82.1 cm³/mol. The molecule has 1 aromatic carbocycles. The van der Waals surface area contributed by atoms with Crippen molar-refractivity contribution in [2.24, 2.45) is 5.73 Å². The van der Waals surface area contributed by atoms with Crippen molar-refractivity contribution in [1.29, 1.82) is 5.26 Å². The molecule has 2 rings (SSSR count). The summed E-state index contributed by atoms with van der Waals surface area (Å²) in [5.41, 5.74) is 5.53. The summed E-state index contributed by atoms with van der Waals surface area (Å²) < 4.78 is 13.7. The Morgan fingerprint density at radius 1 is 1.30 bits per heavy atom. The summed E-state index contributed by atoms with van der Waals surface area (Å²) in [5, 5.41) is 11.1. The van der Waals surface area contributed by atoms with E-state index in [9.17, 15) is 14.0 Å². The van der Waals surface area contributed by atoms with Crippen molar-refractivity contribution in [3.63, 3.8) is 0 Å². The number of nitrogens with two attached hydrogens (primary N) is 1. The number of halogens is 1. The lowest BCUT2D eigenvalue weighted by Gasteiger charge is -2.36. The highest BCUT2D eigenvalue weighted by molar-refractivity contribution is 5.93. The van der Waals surface area contributed by atoms with E-state index in [0.29, 0.717) is 38.4 Å². The molecule has 23 heavy (non-hydrogen) atoms. The molecule has 1 aliphatic heterocycles. The van der Waals surface area contributed by atoms with E-state index in [1.165, 1.54) is 6.07 Å². The number of nitriles is 1. The molecule has 1 aliphatic rings. The molecule has 0 saturated carbocycles. The van der Waals surface area contributed by atoms with E-state index in [2.05, 4.69) is 4.90 Å². The number of nitrogens with zero attached hydrogens (tertiary/aromatic N) is 3. The average molecular weight is 319 g/mol. The fourth-order valence-corrected chi connectivity index (χ4v) is 2.56. The van der Waals surface area contributed by atoms with Gasteiger partial charge in [0.25, 0.3) is 0 Å². The first kappa shape index (κ1) is 16.7. The second-order valence-electron chi connectivity index (χ2n) is 5.24. The second kappa shape index (κ2) is 7.56. The number of hydrogen-bond acceptors (Lipinski definition) is 5. The number of imide groups is 1. The Morgan fingerprint density at radius 3 is 2.61 bits per heavy atom. The van der Waals surface area contributed by atoms with Gasteiger partial charge in [0, 0.05) is 39.1 Å². The molecule has 3 N–H and O–H groups in total. The number of benzene rings is 1. The lowest BCUT2D eigenvalue weighted by Crippen LogP contribution is -2.47. The number of nitrogens with one attached hydrogen (secondary N) is 1. The van der Waals surface area contributed by atoms with Crippen LogP contribution in [0.1, 0.15) is 12.0 Å². The highest BCUT2D eigenvalue weighted by atomic mass is 19.1. The van der Waals surface area contributed by atoms with E-state index in [0.717, 1.165) is 0 Å². The van der Waals surface area contributed by atoms with Crippen LogP contribution < -0.4 is 16.0 Å². The normalized spacial score (nSPS) is 15.0. The van der Waals surface area contributed by atoms with Crippen molar-refractivity contribution in [1.82, 2.24) is 10.2 Å². The smallest absolute Gasteiger partial charge is 0.318 e. The monoisotopic (exact) mass is 319 g/mol. The van der Waals surface area contributed by atoms with Gasteiger partial charge in [0.05, 0.1) is 5.69 Å².